The highest BCUT2D eigenvalue weighted by molar-refractivity contribution is 5.88. The van der Waals surface area contributed by atoms with Crippen LogP contribution in [0.25, 0.3) is 0 Å². The van der Waals surface area contributed by atoms with E-state index < -0.39 is 12.0 Å². The first-order chi connectivity index (χ1) is 9.20. The van der Waals surface area contributed by atoms with Gasteiger partial charge in [0.1, 0.15) is 12.5 Å². The number of piperidine rings is 1. The SMILES string of the molecule is N#CC1CCN(C(=O)OCc2ccccc2)CC1=O. The van der Waals surface area contributed by atoms with E-state index in [1.54, 1.807) is 0 Å². The summed E-state index contributed by atoms with van der Waals surface area (Å²) in [7, 11) is 0. The van der Waals surface area contributed by atoms with Crippen LogP contribution in [0.15, 0.2) is 30.3 Å². The van der Waals surface area contributed by atoms with Crippen LogP contribution in [0.1, 0.15) is 12.0 Å². The molecule has 0 saturated carbocycles. The first-order valence-corrected chi connectivity index (χ1v) is 6.08. The van der Waals surface area contributed by atoms with Gasteiger partial charge in [-0.2, -0.15) is 5.26 Å². The summed E-state index contributed by atoms with van der Waals surface area (Å²) in [5.74, 6) is -0.802. The molecule has 1 saturated heterocycles. The maximum Gasteiger partial charge on any atom is 0.410 e. The van der Waals surface area contributed by atoms with Crippen molar-refractivity contribution >= 4 is 11.9 Å². The average Bonchev–Trinajstić information content (AvgIpc) is 2.45. The number of likely N-dealkylation sites (tertiary alicyclic amines) is 1. The van der Waals surface area contributed by atoms with Gasteiger partial charge in [-0.1, -0.05) is 30.3 Å². The first kappa shape index (κ1) is 13.1. The monoisotopic (exact) mass is 258 g/mol. The topological polar surface area (TPSA) is 70.4 Å². The van der Waals surface area contributed by atoms with Crippen LogP contribution in [-0.4, -0.2) is 29.9 Å². The maximum absolute atomic E-state index is 11.8. The second-order valence-electron chi connectivity index (χ2n) is 4.40. The number of hydrogen-bond acceptors (Lipinski definition) is 4. The zero-order valence-electron chi connectivity index (χ0n) is 10.4. The Kier molecular flexibility index (Phi) is 4.14. The van der Waals surface area contributed by atoms with Crippen molar-refractivity contribution in [3.63, 3.8) is 0 Å². The number of ketones is 1. The van der Waals surface area contributed by atoms with Gasteiger partial charge in [0.25, 0.3) is 0 Å². The summed E-state index contributed by atoms with van der Waals surface area (Å²) >= 11 is 0. The molecule has 0 spiro atoms. The van der Waals surface area contributed by atoms with Crippen molar-refractivity contribution in [3.8, 4) is 6.07 Å². The molecule has 5 nitrogen and oxygen atoms in total. The van der Waals surface area contributed by atoms with E-state index in [0.717, 1.165) is 5.56 Å². The lowest BCUT2D eigenvalue weighted by Crippen LogP contribution is -2.44. The second-order valence-corrected chi connectivity index (χ2v) is 4.40. The minimum absolute atomic E-state index is 0.0359. The molecule has 1 atom stereocenters. The standard InChI is InChI=1S/C14H14N2O3/c15-8-12-6-7-16(9-13(12)17)14(18)19-10-11-4-2-1-3-5-11/h1-5,12H,6-7,9-10H2. The van der Waals surface area contributed by atoms with Crippen molar-refractivity contribution < 1.29 is 14.3 Å². The average molecular weight is 258 g/mol. The summed E-state index contributed by atoms with van der Waals surface area (Å²) in [5, 5.41) is 8.73. The van der Waals surface area contributed by atoms with E-state index in [1.807, 2.05) is 36.4 Å². The van der Waals surface area contributed by atoms with Crippen molar-refractivity contribution in [1.82, 2.24) is 4.90 Å². The van der Waals surface area contributed by atoms with E-state index in [0.29, 0.717) is 13.0 Å². The molecule has 1 unspecified atom stereocenters. The Balaban J connectivity index is 1.85. The van der Waals surface area contributed by atoms with Gasteiger partial charge < -0.3 is 9.64 Å². The fourth-order valence-corrected chi connectivity index (χ4v) is 1.93. The van der Waals surface area contributed by atoms with Gasteiger partial charge in [-0.15, -0.1) is 0 Å². The lowest BCUT2D eigenvalue weighted by atomic mass is 9.97. The predicted octanol–water partition coefficient (Wildman–Crippen LogP) is 1.74. The molecule has 1 aliphatic rings. The summed E-state index contributed by atoms with van der Waals surface area (Å²) in [5.41, 5.74) is 0.897. The van der Waals surface area contributed by atoms with Crippen molar-refractivity contribution in [1.29, 1.82) is 5.26 Å². The molecule has 1 aromatic rings. The molecule has 0 bridgehead atoms. The van der Waals surface area contributed by atoms with E-state index in [4.69, 9.17) is 10.00 Å². The zero-order chi connectivity index (χ0) is 13.7. The van der Waals surface area contributed by atoms with Gasteiger partial charge in [-0.25, -0.2) is 4.79 Å². The predicted molar refractivity (Wildman–Crippen MR) is 66.9 cm³/mol. The lowest BCUT2D eigenvalue weighted by Gasteiger charge is -2.27. The molecule has 0 aliphatic carbocycles. The summed E-state index contributed by atoms with van der Waals surface area (Å²) in [4.78, 5) is 24.7. The van der Waals surface area contributed by atoms with Gasteiger partial charge in [0, 0.05) is 6.54 Å². The Bertz CT molecular complexity index is 507. The fourth-order valence-electron chi connectivity index (χ4n) is 1.93. The smallest absolute Gasteiger partial charge is 0.410 e. The van der Waals surface area contributed by atoms with E-state index in [2.05, 4.69) is 0 Å². The summed E-state index contributed by atoms with van der Waals surface area (Å²) < 4.78 is 5.14. The number of rotatable bonds is 2. The number of amides is 1. The third kappa shape index (κ3) is 3.32. The van der Waals surface area contributed by atoms with Gasteiger partial charge in [0.15, 0.2) is 5.78 Å². The van der Waals surface area contributed by atoms with Crippen LogP contribution in [0, 0.1) is 17.2 Å². The maximum atomic E-state index is 11.8. The van der Waals surface area contributed by atoms with Crippen LogP contribution in [0.3, 0.4) is 0 Å². The van der Waals surface area contributed by atoms with Gasteiger partial charge in [-0.3, -0.25) is 4.79 Å². The molecule has 1 amide bonds. The number of carbonyl (C=O) groups is 2. The molecule has 2 rings (SSSR count). The number of nitrogens with zero attached hydrogens (tertiary/aromatic N) is 2. The Morgan fingerprint density at radius 2 is 2.16 bits per heavy atom. The minimum Gasteiger partial charge on any atom is -0.445 e. The molecular formula is C14H14N2O3. The van der Waals surface area contributed by atoms with Crippen molar-refractivity contribution in [2.75, 3.05) is 13.1 Å². The quantitative estimate of drug-likeness (QED) is 0.810. The van der Waals surface area contributed by atoms with E-state index >= 15 is 0 Å². The third-order valence-electron chi connectivity index (χ3n) is 3.04. The molecule has 98 valence electrons. The van der Waals surface area contributed by atoms with Crippen LogP contribution in [0.5, 0.6) is 0 Å². The highest BCUT2D eigenvalue weighted by Crippen LogP contribution is 2.14. The van der Waals surface area contributed by atoms with E-state index in [9.17, 15) is 9.59 Å². The summed E-state index contributed by atoms with van der Waals surface area (Å²) in [6, 6.07) is 11.3. The minimum atomic E-state index is -0.585. The molecule has 5 heteroatoms. The molecule has 1 aromatic carbocycles. The molecule has 0 radical (unpaired) electrons. The molecule has 0 aromatic heterocycles. The molecule has 1 heterocycles. The van der Waals surface area contributed by atoms with Gasteiger partial charge in [0.05, 0.1) is 12.6 Å². The normalized spacial score (nSPS) is 18.8. The van der Waals surface area contributed by atoms with Crippen LogP contribution < -0.4 is 0 Å². The van der Waals surface area contributed by atoms with Crippen molar-refractivity contribution in [3.05, 3.63) is 35.9 Å². The number of carbonyl (C=O) groups excluding carboxylic acids is 2. The Morgan fingerprint density at radius 3 is 2.79 bits per heavy atom. The summed E-state index contributed by atoms with van der Waals surface area (Å²) in [6.07, 6.45) is -0.121. The van der Waals surface area contributed by atoms with Crippen molar-refractivity contribution in [2.45, 2.75) is 13.0 Å². The number of hydrogen-bond donors (Lipinski definition) is 0. The Labute approximate surface area is 111 Å². The molecule has 1 fully saturated rings. The zero-order valence-corrected chi connectivity index (χ0v) is 10.4. The van der Waals surface area contributed by atoms with Gasteiger partial charge in [-0.05, 0) is 12.0 Å². The first-order valence-electron chi connectivity index (χ1n) is 6.08. The van der Waals surface area contributed by atoms with Gasteiger partial charge in [0.2, 0.25) is 0 Å². The van der Waals surface area contributed by atoms with E-state index in [1.165, 1.54) is 4.90 Å². The van der Waals surface area contributed by atoms with Crippen LogP contribution in [0.4, 0.5) is 4.79 Å². The molecule has 19 heavy (non-hydrogen) atoms. The fraction of sp³-hybridized carbons (Fsp3) is 0.357. The highest BCUT2D eigenvalue weighted by Gasteiger charge is 2.30. The third-order valence-corrected chi connectivity index (χ3v) is 3.04. The largest absolute Gasteiger partial charge is 0.445 e. The molecular weight excluding hydrogens is 244 g/mol. The van der Waals surface area contributed by atoms with Crippen LogP contribution >= 0.6 is 0 Å². The van der Waals surface area contributed by atoms with Crippen molar-refractivity contribution in [2.24, 2.45) is 5.92 Å². The van der Waals surface area contributed by atoms with Gasteiger partial charge >= 0.3 is 6.09 Å². The number of benzene rings is 1. The number of ether oxygens (including phenoxy) is 1. The van der Waals surface area contributed by atoms with Crippen LogP contribution in [-0.2, 0) is 16.1 Å². The number of nitriles is 1. The number of Topliss-reactive ketones (excluding diaryl/α,β-unsaturated/α-hetero) is 1. The lowest BCUT2D eigenvalue weighted by molar-refractivity contribution is -0.124. The Morgan fingerprint density at radius 1 is 1.42 bits per heavy atom. The Hall–Kier alpha value is -2.35. The molecule has 0 N–H and O–H groups in total. The highest BCUT2D eigenvalue weighted by atomic mass is 16.6. The van der Waals surface area contributed by atoms with E-state index in [-0.39, 0.29) is 18.9 Å². The van der Waals surface area contributed by atoms with Crippen LogP contribution in [0.2, 0.25) is 0 Å². The summed E-state index contributed by atoms with van der Waals surface area (Å²) in [6.45, 7) is 0.537. The molecule has 1 aliphatic heterocycles. The second kappa shape index (κ2) is 6.01.